The van der Waals surface area contributed by atoms with Crippen molar-refractivity contribution in [3.8, 4) is 23.1 Å². The summed E-state index contributed by atoms with van der Waals surface area (Å²) in [6, 6.07) is 16.3. The van der Waals surface area contributed by atoms with Crippen LogP contribution in [0, 0.1) is 28.1 Å². The third-order valence-electron chi connectivity index (χ3n) is 17.3. The number of likely N-dealkylation sites (tertiary alicyclic amines) is 1. The van der Waals surface area contributed by atoms with E-state index in [1.807, 2.05) is 56.0 Å². The number of rotatable bonds is 10. The lowest BCUT2D eigenvalue weighted by Gasteiger charge is -2.39. The van der Waals surface area contributed by atoms with Gasteiger partial charge < -0.3 is 29.2 Å². The van der Waals surface area contributed by atoms with Crippen LogP contribution in [0.2, 0.25) is 5.02 Å². The zero-order valence-corrected chi connectivity index (χ0v) is 44.5. The SMILES string of the molecule is C[C@H]1CC2(CCN(c3ccc(OC4CCN(CC5CCC(n6nc(N7CCCc8cc(-c9cnn(C)c9)c(C(F)F)cc87)c7c6CCN(C(=O)C(C)(C)C)C7)CC5)CC4)nn3)CC2)CN1c1ccc(C#N)c(Cl)c1. The summed E-state index contributed by atoms with van der Waals surface area (Å²) in [5, 5.41) is 28.8. The van der Waals surface area contributed by atoms with E-state index in [4.69, 9.17) is 21.4 Å². The summed E-state index contributed by atoms with van der Waals surface area (Å²) in [5.41, 5.74) is 6.61. The molecule has 17 heteroatoms. The normalized spacial score (nSPS) is 22.6. The van der Waals surface area contributed by atoms with E-state index in [1.165, 1.54) is 5.69 Å². The summed E-state index contributed by atoms with van der Waals surface area (Å²) in [6.45, 7) is 15.9. The van der Waals surface area contributed by atoms with Gasteiger partial charge >= 0.3 is 0 Å². The van der Waals surface area contributed by atoms with Crippen molar-refractivity contribution in [1.82, 2.24) is 39.6 Å². The molecule has 0 unspecified atom stereocenters. The molecule has 0 N–H and O–H groups in total. The van der Waals surface area contributed by atoms with E-state index < -0.39 is 11.8 Å². The number of amides is 1. The number of hydrogen-bond donors (Lipinski definition) is 0. The maximum Gasteiger partial charge on any atom is 0.264 e. The van der Waals surface area contributed by atoms with Crippen LogP contribution in [0.5, 0.6) is 5.88 Å². The van der Waals surface area contributed by atoms with E-state index in [1.54, 1.807) is 30.2 Å². The number of halogens is 3. The summed E-state index contributed by atoms with van der Waals surface area (Å²) in [7, 11) is 1.80. The second-order valence-corrected chi connectivity index (χ2v) is 23.8. The van der Waals surface area contributed by atoms with Gasteiger partial charge in [-0.05, 0) is 136 Å². The first-order valence-corrected chi connectivity index (χ1v) is 27.5. The first-order valence-electron chi connectivity index (χ1n) is 27.2. The summed E-state index contributed by atoms with van der Waals surface area (Å²) >= 11 is 6.41. The topological polar surface area (TPSA) is 128 Å². The summed E-state index contributed by atoms with van der Waals surface area (Å²) < 4.78 is 40.1. The molecular formula is C57H71ClF2N12O2. The monoisotopic (exact) mass is 1030 g/mol. The van der Waals surface area contributed by atoms with Crippen LogP contribution < -0.4 is 19.4 Å². The number of carbonyl (C=O) groups is 1. The Balaban J connectivity index is 0.690. The minimum absolute atomic E-state index is 0.0000520. The van der Waals surface area contributed by atoms with Crippen LogP contribution in [0.4, 0.5) is 31.8 Å². The molecule has 3 saturated heterocycles. The van der Waals surface area contributed by atoms with Crippen LogP contribution in [0.3, 0.4) is 0 Å². The molecule has 4 fully saturated rings. The smallest absolute Gasteiger partial charge is 0.264 e. The molecule has 0 radical (unpaired) electrons. The van der Waals surface area contributed by atoms with Crippen LogP contribution in [0.1, 0.15) is 132 Å². The second kappa shape index (κ2) is 20.4. The van der Waals surface area contributed by atoms with E-state index in [2.05, 4.69) is 58.6 Å². The van der Waals surface area contributed by atoms with Crippen molar-refractivity contribution in [2.24, 2.45) is 23.8 Å². The molecule has 1 aliphatic carbocycles. The molecule has 14 nitrogen and oxygen atoms in total. The number of nitrogens with zero attached hydrogens (tertiary/aromatic N) is 12. The van der Waals surface area contributed by atoms with Crippen LogP contribution in [0.15, 0.2) is 54.9 Å². The van der Waals surface area contributed by atoms with E-state index in [-0.39, 0.29) is 29.0 Å². The molecule has 1 amide bonds. The predicted octanol–water partition coefficient (Wildman–Crippen LogP) is 10.7. The Hall–Kier alpha value is -5.79. The van der Waals surface area contributed by atoms with Crippen molar-refractivity contribution in [2.45, 2.75) is 136 Å². The third-order valence-corrected chi connectivity index (χ3v) is 17.6. The molecule has 0 bridgehead atoms. The summed E-state index contributed by atoms with van der Waals surface area (Å²) in [5.74, 6) is 3.03. The van der Waals surface area contributed by atoms with Crippen molar-refractivity contribution in [3.63, 3.8) is 0 Å². The Morgan fingerprint density at radius 1 is 0.959 bits per heavy atom. The fraction of sp³-hybridized carbons (Fsp3) is 0.579. The van der Waals surface area contributed by atoms with Crippen molar-refractivity contribution in [3.05, 3.63) is 87.8 Å². The van der Waals surface area contributed by atoms with E-state index >= 15 is 0 Å². The van der Waals surface area contributed by atoms with Gasteiger partial charge in [-0.25, -0.2) is 8.78 Å². The Labute approximate surface area is 439 Å². The van der Waals surface area contributed by atoms with Crippen molar-refractivity contribution in [2.75, 3.05) is 67.1 Å². The Morgan fingerprint density at radius 2 is 1.74 bits per heavy atom. The molecule has 1 spiro atoms. The highest BCUT2D eigenvalue weighted by atomic mass is 35.5. The molecule has 2 aromatic carbocycles. The van der Waals surface area contributed by atoms with Gasteiger partial charge in [0.25, 0.3) is 6.43 Å². The number of piperidine rings is 2. The minimum atomic E-state index is -2.65. The zero-order valence-electron chi connectivity index (χ0n) is 43.7. The highest BCUT2D eigenvalue weighted by molar-refractivity contribution is 6.32. The number of alkyl halides is 2. The average molecular weight is 1030 g/mol. The van der Waals surface area contributed by atoms with Gasteiger partial charge in [0.1, 0.15) is 12.2 Å². The van der Waals surface area contributed by atoms with Crippen molar-refractivity contribution < 1.29 is 18.3 Å². The molecule has 8 heterocycles. The molecule has 392 valence electrons. The maximum absolute atomic E-state index is 14.9. The van der Waals surface area contributed by atoms with Crippen LogP contribution in [0.25, 0.3) is 11.1 Å². The fourth-order valence-electron chi connectivity index (χ4n) is 13.3. The lowest BCUT2D eigenvalue weighted by molar-refractivity contribution is -0.140. The van der Waals surface area contributed by atoms with Crippen LogP contribution in [-0.4, -0.2) is 110 Å². The van der Waals surface area contributed by atoms with Gasteiger partial charge in [0, 0.05) is 123 Å². The van der Waals surface area contributed by atoms with E-state index in [0.717, 1.165) is 150 Å². The maximum atomic E-state index is 14.9. The quantitative estimate of drug-likeness (QED) is 0.133. The number of anilines is 4. The van der Waals surface area contributed by atoms with Gasteiger partial charge in [-0.1, -0.05) is 32.4 Å². The summed E-state index contributed by atoms with van der Waals surface area (Å²) in [4.78, 5) is 25.3. The zero-order chi connectivity index (χ0) is 51.5. The van der Waals surface area contributed by atoms with Crippen LogP contribution >= 0.6 is 11.6 Å². The number of carbonyl (C=O) groups excluding carboxylic acids is 1. The van der Waals surface area contributed by atoms with Crippen molar-refractivity contribution >= 4 is 40.5 Å². The van der Waals surface area contributed by atoms with Crippen molar-refractivity contribution in [1.29, 1.82) is 5.26 Å². The molecule has 1 atom stereocenters. The third kappa shape index (κ3) is 10.1. The van der Waals surface area contributed by atoms with Gasteiger partial charge in [-0.2, -0.15) is 15.5 Å². The standard InChI is InChI=1S/C57H71ClF2N12O2/c1-37-30-57(36-71(37)43-13-10-40(31-61)48(58)28-43)19-25-68(26-20-57)51-14-15-52(64-63-51)74-44-16-22-67(23-17-44)33-38-8-11-42(12-9-38)72-49-18-24-69(55(73)56(2,3)4)35-47(49)54(65-72)70-21-6-7-39-27-45(41-32-62-66(5)34-41)46(53(59)60)29-50(39)70/h10,13-15,27-29,32,34,37-38,42,44,53H,6-9,11-12,16-26,30,33,35-36H2,1-5H3/t37-,38?,42?/m0/s1. The van der Waals surface area contributed by atoms with E-state index in [9.17, 15) is 18.8 Å². The number of aromatic nitrogens is 6. The molecule has 11 rings (SSSR count). The number of aryl methyl sites for hydroxylation is 2. The highest BCUT2D eigenvalue weighted by Gasteiger charge is 2.45. The largest absolute Gasteiger partial charge is 0.473 e. The van der Waals surface area contributed by atoms with E-state index in [0.29, 0.717) is 59.2 Å². The lowest BCUT2D eigenvalue weighted by Crippen LogP contribution is -2.43. The van der Waals surface area contributed by atoms with Gasteiger partial charge in [0.05, 0.1) is 29.4 Å². The molecule has 1 saturated carbocycles. The number of hydrogen-bond acceptors (Lipinski definition) is 11. The number of ether oxygens (including phenoxy) is 1. The Morgan fingerprint density at radius 3 is 2.42 bits per heavy atom. The average Bonchev–Trinajstić information content (AvgIpc) is 4.10. The number of nitriles is 1. The Bertz CT molecular complexity index is 2880. The summed E-state index contributed by atoms with van der Waals surface area (Å²) in [6.07, 6.45) is 12.8. The molecular weight excluding hydrogens is 958 g/mol. The van der Waals surface area contributed by atoms with Gasteiger partial charge in [-0.3, -0.25) is 14.2 Å². The first kappa shape index (κ1) is 50.4. The molecule has 3 aromatic heterocycles. The minimum Gasteiger partial charge on any atom is -0.473 e. The number of benzene rings is 2. The first-order chi connectivity index (χ1) is 35.6. The van der Waals surface area contributed by atoms with Gasteiger partial charge in [0.15, 0.2) is 11.6 Å². The number of fused-ring (bicyclic) bond motifs is 2. The fourth-order valence-corrected chi connectivity index (χ4v) is 13.5. The highest BCUT2D eigenvalue weighted by Crippen LogP contribution is 2.47. The molecule has 5 aliphatic heterocycles. The molecule has 74 heavy (non-hydrogen) atoms. The lowest BCUT2D eigenvalue weighted by atomic mass is 9.77. The van der Waals surface area contributed by atoms with Gasteiger partial charge in [-0.15, -0.1) is 10.2 Å². The Kier molecular flexibility index (Phi) is 13.9. The second-order valence-electron chi connectivity index (χ2n) is 23.4. The predicted molar refractivity (Wildman–Crippen MR) is 284 cm³/mol. The van der Waals surface area contributed by atoms with Gasteiger partial charge in [0.2, 0.25) is 11.8 Å². The van der Waals surface area contributed by atoms with Crippen LogP contribution in [-0.2, 0) is 31.2 Å². The molecule has 6 aliphatic rings. The molecule has 5 aromatic rings.